The highest BCUT2D eigenvalue weighted by atomic mass is 16.4. The Balaban J connectivity index is 2.66. The first kappa shape index (κ1) is 15.0. The van der Waals surface area contributed by atoms with Crippen LogP contribution in [-0.2, 0) is 5.41 Å². The summed E-state index contributed by atoms with van der Waals surface area (Å²) < 4.78 is 5.74. The number of phenols is 3. The minimum atomic E-state index is -0.628. The van der Waals surface area contributed by atoms with E-state index in [4.69, 9.17) is 4.42 Å². The highest BCUT2D eigenvalue weighted by Crippen LogP contribution is 2.41. The molecule has 0 radical (unpaired) electrons. The van der Waals surface area contributed by atoms with Crippen molar-refractivity contribution < 1.29 is 19.7 Å². The van der Waals surface area contributed by atoms with Crippen molar-refractivity contribution >= 4 is 21.9 Å². The SMILES string of the molecule is C=CC(C)(C)c1cc(O)c(O)c2c(=O)c3cccc(O)c3oc12. The monoisotopic (exact) mass is 312 g/mol. The van der Waals surface area contributed by atoms with Gasteiger partial charge in [0.1, 0.15) is 11.0 Å². The molecule has 5 heteroatoms. The number of benzene rings is 2. The highest BCUT2D eigenvalue weighted by molar-refractivity contribution is 5.98. The number of phenolic OH excluding ortho intramolecular Hbond substituents is 3. The summed E-state index contributed by atoms with van der Waals surface area (Å²) in [5, 5.41) is 30.1. The largest absolute Gasteiger partial charge is 0.504 e. The second-order valence-electron chi connectivity index (χ2n) is 6.01. The topological polar surface area (TPSA) is 90.9 Å². The first-order chi connectivity index (χ1) is 10.8. The lowest BCUT2D eigenvalue weighted by molar-refractivity contribution is 0.405. The van der Waals surface area contributed by atoms with Gasteiger partial charge in [0, 0.05) is 11.0 Å². The molecular weight excluding hydrogens is 296 g/mol. The summed E-state index contributed by atoms with van der Waals surface area (Å²) in [6, 6.07) is 5.75. The van der Waals surface area contributed by atoms with Crippen molar-refractivity contribution in [1.82, 2.24) is 0 Å². The molecular formula is C18H16O5. The van der Waals surface area contributed by atoms with Gasteiger partial charge in [-0.25, -0.2) is 0 Å². The van der Waals surface area contributed by atoms with Crippen molar-refractivity contribution in [2.24, 2.45) is 0 Å². The molecule has 5 nitrogen and oxygen atoms in total. The van der Waals surface area contributed by atoms with Gasteiger partial charge in [-0.1, -0.05) is 26.0 Å². The molecule has 3 rings (SSSR count). The van der Waals surface area contributed by atoms with Crippen LogP contribution in [0.2, 0.25) is 0 Å². The van der Waals surface area contributed by atoms with Crippen LogP contribution in [0.4, 0.5) is 0 Å². The molecule has 2 aromatic carbocycles. The van der Waals surface area contributed by atoms with Gasteiger partial charge in [0.15, 0.2) is 22.8 Å². The molecule has 0 saturated heterocycles. The Kier molecular flexibility index (Phi) is 3.11. The van der Waals surface area contributed by atoms with Crippen molar-refractivity contribution in [2.75, 3.05) is 0 Å². The first-order valence-corrected chi connectivity index (χ1v) is 7.05. The number of aromatic hydroxyl groups is 3. The van der Waals surface area contributed by atoms with E-state index < -0.39 is 22.3 Å². The normalized spacial score (nSPS) is 11.9. The molecule has 0 aliphatic heterocycles. The predicted molar refractivity (Wildman–Crippen MR) is 88.2 cm³/mol. The van der Waals surface area contributed by atoms with Gasteiger partial charge in [-0.3, -0.25) is 4.79 Å². The summed E-state index contributed by atoms with van der Waals surface area (Å²) in [5.74, 6) is -1.12. The molecule has 0 amide bonds. The number of hydrogen-bond donors (Lipinski definition) is 3. The summed E-state index contributed by atoms with van der Waals surface area (Å²) in [6.07, 6.45) is 1.65. The van der Waals surface area contributed by atoms with E-state index in [0.29, 0.717) is 5.56 Å². The van der Waals surface area contributed by atoms with Crippen molar-refractivity contribution in [3.8, 4) is 17.2 Å². The minimum Gasteiger partial charge on any atom is -0.504 e. The van der Waals surface area contributed by atoms with Gasteiger partial charge in [-0.15, -0.1) is 6.58 Å². The molecule has 0 aliphatic rings. The van der Waals surface area contributed by atoms with Crippen LogP contribution < -0.4 is 5.43 Å². The maximum absolute atomic E-state index is 12.7. The third-order valence-electron chi connectivity index (χ3n) is 4.11. The zero-order valence-electron chi connectivity index (χ0n) is 12.8. The average molecular weight is 312 g/mol. The van der Waals surface area contributed by atoms with E-state index in [1.807, 2.05) is 13.8 Å². The lowest BCUT2D eigenvalue weighted by Crippen LogP contribution is -2.15. The molecule has 3 aromatic rings. The molecule has 0 saturated carbocycles. The van der Waals surface area contributed by atoms with Crippen LogP contribution in [0.3, 0.4) is 0 Å². The van der Waals surface area contributed by atoms with Crippen LogP contribution >= 0.6 is 0 Å². The molecule has 0 bridgehead atoms. The Morgan fingerprint density at radius 2 is 1.83 bits per heavy atom. The quantitative estimate of drug-likeness (QED) is 0.382. The predicted octanol–water partition coefficient (Wildman–Crippen LogP) is 3.53. The fourth-order valence-corrected chi connectivity index (χ4v) is 2.59. The number of para-hydroxylation sites is 1. The number of fused-ring (bicyclic) bond motifs is 2. The minimum absolute atomic E-state index is 0.0382. The summed E-state index contributed by atoms with van der Waals surface area (Å²) in [4.78, 5) is 12.7. The van der Waals surface area contributed by atoms with Gasteiger partial charge >= 0.3 is 0 Å². The van der Waals surface area contributed by atoms with Crippen LogP contribution in [-0.4, -0.2) is 15.3 Å². The second kappa shape index (κ2) is 4.78. The highest BCUT2D eigenvalue weighted by Gasteiger charge is 2.26. The van der Waals surface area contributed by atoms with E-state index in [0.717, 1.165) is 0 Å². The molecule has 0 fully saturated rings. The van der Waals surface area contributed by atoms with Gasteiger partial charge in [0.2, 0.25) is 5.43 Å². The Bertz CT molecular complexity index is 1010. The molecule has 0 atom stereocenters. The van der Waals surface area contributed by atoms with Gasteiger partial charge in [-0.05, 0) is 18.2 Å². The van der Waals surface area contributed by atoms with Crippen LogP contribution in [0.15, 0.2) is 46.1 Å². The lowest BCUT2D eigenvalue weighted by atomic mass is 9.83. The fourth-order valence-electron chi connectivity index (χ4n) is 2.59. The maximum atomic E-state index is 12.7. The van der Waals surface area contributed by atoms with E-state index in [9.17, 15) is 20.1 Å². The zero-order valence-corrected chi connectivity index (χ0v) is 12.8. The van der Waals surface area contributed by atoms with E-state index in [2.05, 4.69) is 6.58 Å². The molecule has 1 heterocycles. The third kappa shape index (κ3) is 2.04. The van der Waals surface area contributed by atoms with E-state index >= 15 is 0 Å². The summed E-state index contributed by atoms with van der Waals surface area (Å²) in [7, 11) is 0. The van der Waals surface area contributed by atoms with Crippen molar-refractivity contribution in [2.45, 2.75) is 19.3 Å². The first-order valence-electron chi connectivity index (χ1n) is 7.05. The van der Waals surface area contributed by atoms with Gasteiger partial charge in [-0.2, -0.15) is 0 Å². The smallest absolute Gasteiger partial charge is 0.204 e. The van der Waals surface area contributed by atoms with Gasteiger partial charge in [0.25, 0.3) is 0 Å². The third-order valence-corrected chi connectivity index (χ3v) is 4.11. The Morgan fingerprint density at radius 1 is 1.13 bits per heavy atom. The standard InChI is InChI=1S/C18H16O5/c1-4-18(2,3)10-8-12(20)15(22)13-14(21)9-6-5-7-11(19)16(9)23-17(10)13/h4-8,19-20,22H,1H2,2-3H3. The van der Waals surface area contributed by atoms with Gasteiger partial charge < -0.3 is 19.7 Å². The van der Waals surface area contributed by atoms with Crippen LogP contribution in [0.25, 0.3) is 21.9 Å². The molecule has 0 unspecified atom stereocenters. The van der Waals surface area contributed by atoms with Gasteiger partial charge in [0.05, 0.1) is 5.39 Å². The van der Waals surface area contributed by atoms with E-state index in [1.165, 1.54) is 24.3 Å². The van der Waals surface area contributed by atoms with Crippen LogP contribution in [0.5, 0.6) is 17.2 Å². The molecule has 23 heavy (non-hydrogen) atoms. The zero-order chi connectivity index (χ0) is 16.9. The number of allylic oxidation sites excluding steroid dienone is 1. The molecule has 118 valence electrons. The number of rotatable bonds is 2. The van der Waals surface area contributed by atoms with E-state index in [-0.39, 0.29) is 27.7 Å². The lowest BCUT2D eigenvalue weighted by Gasteiger charge is -2.22. The van der Waals surface area contributed by atoms with Crippen LogP contribution in [0.1, 0.15) is 19.4 Å². The van der Waals surface area contributed by atoms with Crippen molar-refractivity contribution in [1.29, 1.82) is 0 Å². The summed E-state index contributed by atoms with van der Waals surface area (Å²) in [5.41, 5.74) is -0.510. The van der Waals surface area contributed by atoms with Crippen LogP contribution in [0, 0.1) is 0 Å². The fraction of sp³-hybridized carbons (Fsp3) is 0.167. The second-order valence-corrected chi connectivity index (χ2v) is 6.01. The summed E-state index contributed by atoms with van der Waals surface area (Å²) >= 11 is 0. The maximum Gasteiger partial charge on any atom is 0.204 e. The summed E-state index contributed by atoms with van der Waals surface area (Å²) in [6.45, 7) is 7.42. The van der Waals surface area contributed by atoms with Crippen molar-refractivity contribution in [3.63, 3.8) is 0 Å². The Hall–Kier alpha value is -2.95. The molecule has 0 spiro atoms. The molecule has 1 aromatic heterocycles. The Labute approximate surface area is 131 Å². The Morgan fingerprint density at radius 3 is 2.48 bits per heavy atom. The average Bonchev–Trinajstić information content (AvgIpc) is 2.51. The molecule has 0 aliphatic carbocycles. The molecule has 3 N–H and O–H groups in total. The van der Waals surface area contributed by atoms with Crippen molar-refractivity contribution in [3.05, 3.63) is 52.7 Å². The number of hydrogen-bond acceptors (Lipinski definition) is 5. The van der Waals surface area contributed by atoms with E-state index in [1.54, 1.807) is 6.08 Å².